The van der Waals surface area contributed by atoms with Crippen LogP contribution >= 0.6 is 15.9 Å². The molecule has 0 fully saturated rings. The monoisotopic (exact) mass is 448 g/mol. The van der Waals surface area contributed by atoms with Crippen molar-refractivity contribution < 1.29 is 22.3 Å². The van der Waals surface area contributed by atoms with Crippen molar-refractivity contribution in [1.29, 1.82) is 5.26 Å². The molecular formula is C17H22BrFN2O4S. The molecular weight excluding hydrogens is 427 g/mol. The molecule has 0 spiro atoms. The molecule has 2 unspecified atom stereocenters. The molecule has 144 valence electrons. The minimum Gasteiger partial charge on any atom is -0.444 e. The molecule has 9 heteroatoms. The van der Waals surface area contributed by atoms with Gasteiger partial charge < -0.3 is 10.1 Å². The van der Waals surface area contributed by atoms with Gasteiger partial charge in [-0.3, -0.25) is 0 Å². The number of amides is 1. The Morgan fingerprint density at radius 1 is 1.38 bits per heavy atom. The number of alkyl carbamates (subject to hydrolysis) is 1. The molecule has 6 nitrogen and oxygen atoms in total. The molecule has 26 heavy (non-hydrogen) atoms. The number of benzene rings is 1. The number of carbonyl (C=O) groups is 1. The van der Waals surface area contributed by atoms with Crippen molar-refractivity contribution in [2.75, 3.05) is 6.26 Å². The Morgan fingerprint density at radius 2 is 2.00 bits per heavy atom. The summed E-state index contributed by atoms with van der Waals surface area (Å²) in [5, 5.41) is 10.4. The SMILES string of the molecule is CC(C)(C)OC(=O)NC(CCC(C#N)S(C)(=O)=O)c1cc(Br)ccc1F. The van der Waals surface area contributed by atoms with Gasteiger partial charge in [-0.1, -0.05) is 15.9 Å². The van der Waals surface area contributed by atoms with Crippen molar-refractivity contribution in [2.24, 2.45) is 0 Å². The van der Waals surface area contributed by atoms with Gasteiger partial charge in [0.05, 0.1) is 12.1 Å². The van der Waals surface area contributed by atoms with Gasteiger partial charge >= 0.3 is 6.09 Å². The molecule has 0 saturated heterocycles. The Morgan fingerprint density at radius 3 is 2.50 bits per heavy atom. The number of rotatable bonds is 6. The van der Waals surface area contributed by atoms with Gasteiger partial charge in [0.1, 0.15) is 16.7 Å². The third kappa shape index (κ3) is 7.30. The minimum atomic E-state index is -3.58. The Bertz CT molecular complexity index is 800. The van der Waals surface area contributed by atoms with Gasteiger partial charge in [0.25, 0.3) is 0 Å². The summed E-state index contributed by atoms with van der Waals surface area (Å²) >= 11 is 3.25. The van der Waals surface area contributed by atoms with E-state index in [1.807, 2.05) is 0 Å². The van der Waals surface area contributed by atoms with E-state index in [2.05, 4.69) is 21.2 Å². The van der Waals surface area contributed by atoms with Crippen LogP contribution < -0.4 is 5.32 Å². The van der Waals surface area contributed by atoms with E-state index in [1.165, 1.54) is 18.2 Å². The summed E-state index contributed by atoms with van der Waals surface area (Å²) in [6.07, 6.45) is 0.214. The smallest absolute Gasteiger partial charge is 0.408 e. The number of halogens is 2. The van der Waals surface area contributed by atoms with Crippen molar-refractivity contribution in [2.45, 2.75) is 50.5 Å². The van der Waals surface area contributed by atoms with Crippen molar-refractivity contribution in [1.82, 2.24) is 5.32 Å². The van der Waals surface area contributed by atoms with Crippen LogP contribution in [0, 0.1) is 17.1 Å². The van der Waals surface area contributed by atoms with E-state index in [4.69, 9.17) is 10.00 Å². The first-order valence-electron chi connectivity index (χ1n) is 7.86. The van der Waals surface area contributed by atoms with E-state index in [0.29, 0.717) is 4.47 Å². The van der Waals surface area contributed by atoms with E-state index in [9.17, 15) is 17.6 Å². The van der Waals surface area contributed by atoms with E-state index in [0.717, 1.165) is 6.26 Å². The highest BCUT2D eigenvalue weighted by molar-refractivity contribution is 9.10. The lowest BCUT2D eigenvalue weighted by Crippen LogP contribution is -2.35. The highest BCUT2D eigenvalue weighted by Crippen LogP contribution is 2.27. The lowest BCUT2D eigenvalue weighted by Gasteiger charge is -2.24. The van der Waals surface area contributed by atoms with Gasteiger partial charge in [-0.05, 0) is 51.8 Å². The third-order valence-corrected chi connectivity index (χ3v) is 5.27. The fourth-order valence-corrected chi connectivity index (χ4v) is 3.36. The molecule has 1 aromatic carbocycles. The predicted octanol–water partition coefficient (Wildman–Crippen LogP) is 3.87. The van der Waals surface area contributed by atoms with Gasteiger partial charge in [-0.15, -0.1) is 0 Å². The highest BCUT2D eigenvalue weighted by atomic mass is 79.9. The zero-order chi connectivity index (χ0) is 20.1. The van der Waals surface area contributed by atoms with E-state index < -0.39 is 38.6 Å². The molecule has 0 saturated carbocycles. The average Bonchev–Trinajstić information content (AvgIpc) is 2.46. The number of nitriles is 1. The second kappa shape index (κ2) is 8.82. The van der Waals surface area contributed by atoms with E-state index in [1.54, 1.807) is 26.8 Å². The maximum absolute atomic E-state index is 14.3. The van der Waals surface area contributed by atoms with Crippen LogP contribution in [0.1, 0.15) is 45.2 Å². The number of ether oxygens (including phenoxy) is 1. The topological polar surface area (TPSA) is 96.3 Å². The predicted molar refractivity (Wildman–Crippen MR) is 99.7 cm³/mol. The maximum Gasteiger partial charge on any atom is 0.408 e. The van der Waals surface area contributed by atoms with Crippen LogP contribution in [0.2, 0.25) is 0 Å². The maximum atomic E-state index is 14.3. The first-order chi connectivity index (χ1) is 11.8. The van der Waals surface area contributed by atoms with Crippen LogP contribution in [0.25, 0.3) is 0 Å². The van der Waals surface area contributed by atoms with Crippen LogP contribution in [-0.2, 0) is 14.6 Å². The third-order valence-electron chi connectivity index (χ3n) is 3.40. The number of carbonyl (C=O) groups excluding carboxylic acids is 1. The first kappa shape index (κ1) is 22.4. The molecule has 1 N–H and O–H groups in total. The molecule has 0 aliphatic rings. The first-order valence-corrected chi connectivity index (χ1v) is 10.6. The van der Waals surface area contributed by atoms with Crippen molar-refractivity contribution in [3.8, 4) is 6.07 Å². The number of hydrogen-bond donors (Lipinski definition) is 1. The summed E-state index contributed by atoms with van der Waals surface area (Å²) in [6, 6.07) is 5.13. The average molecular weight is 449 g/mol. The Kier molecular flexibility index (Phi) is 7.59. The zero-order valence-corrected chi connectivity index (χ0v) is 17.4. The van der Waals surface area contributed by atoms with E-state index >= 15 is 0 Å². The Hall–Kier alpha value is -1.66. The molecule has 0 aliphatic heterocycles. The van der Waals surface area contributed by atoms with Crippen LogP contribution in [0.3, 0.4) is 0 Å². The van der Waals surface area contributed by atoms with Gasteiger partial charge in [0.15, 0.2) is 9.84 Å². The molecule has 0 bridgehead atoms. The second-order valence-electron chi connectivity index (χ2n) is 6.89. The summed E-state index contributed by atoms with van der Waals surface area (Å²) in [4.78, 5) is 12.1. The summed E-state index contributed by atoms with van der Waals surface area (Å²) in [5.74, 6) is -0.554. The summed E-state index contributed by atoms with van der Waals surface area (Å²) in [7, 11) is -3.58. The Labute approximate surface area is 161 Å². The highest BCUT2D eigenvalue weighted by Gasteiger charge is 2.26. The number of nitrogens with zero attached hydrogens (tertiary/aromatic N) is 1. The van der Waals surface area contributed by atoms with Gasteiger partial charge in [-0.2, -0.15) is 5.26 Å². The molecule has 1 aromatic rings. The number of hydrogen-bond acceptors (Lipinski definition) is 5. The largest absolute Gasteiger partial charge is 0.444 e. The summed E-state index contributed by atoms with van der Waals surface area (Å²) < 4.78 is 43.3. The molecule has 0 radical (unpaired) electrons. The lowest BCUT2D eigenvalue weighted by atomic mass is 10.0. The normalized spacial score (nSPS) is 14.2. The van der Waals surface area contributed by atoms with Crippen molar-refractivity contribution in [3.63, 3.8) is 0 Å². The molecule has 1 amide bonds. The van der Waals surface area contributed by atoms with Crippen LogP contribution in [0.15, 0.2) is 22.7 Å². The standard InChI is InChI=1S/C17H22BrFN2O4S/c1-17(2,3)25-16(22)21-15(8-6-12(10-20)26(4,23)24)13-9-11(18)5-7-14(13)19/h5,7,9,12,15H,6,8H2,1-4H3,(H,21,22). The van der Waals surface area contributed by atoms with Crippen LogP contribution in [0.5, 0.6) is 0 Å². The van der Waals surface area contributed by atoms with Gasteiger partial charge in [-0.25, -0.2) is 17.6 Å². The summed E-state index contributed by atoms with van der Waals surface area (Å²) in [5.41, 5.74) is -0.567. The van der Waals surface area contributed by atoms with E-state index in [-0.39, 0.29) is 18.4 Å². The quantitative estimate of drug-likeness (QED) is 0.711. The number of sulfone groups is 1. The molecule has 0 heterocycles. The molecule has 0 aliphatic carbocycles. The number of nitrogens with one attached hydrogen (secondary N) is 1. The lowest BCUT2D eigenvalue weighted by molar-refractivity contribution is 0.0500. The molecule has 2 atom stereocenters. The Balaban J connectivity index is 3.08. The van der Waals surface area contributed by atoms with Crippen molar-refractivity contribution in [3.05, 3.63) is 34.1 Å². The van der Waals surface area contributed by atoms with Gasteiger partial charge in [0, 0.05) is 16.3 Å². The molecule has 0 aromatic heterocycles. The molecule has 1 rings (SSSR count). The van der Waals surface area contributed by atoms with Gasteiger partial charge in [0.2, 0.25) is 0 Å². The van der Waals surface area contributed by atoms with Crippen LogP contribution in [0.4, 0.5) is 9.18 Å². The fraction of sp³-hybridized carbons (Fsp3) is 0.529. The fourth-order valence-electron chi connectivity index (χ4n) is 2.23. The second-order valence-corrected chi connectivity index (χ2v) is 10.0. The minimum absolute atomic E-state index is 0.0535. The van der Waals surface area contributed by atoms with Crippen LogP contribution in [-0.4, -0.2) is 31.6 Å². The summed E-state index contributed by atoms with van der Waals surface area (Å²) in [6.45, 7) is 5.07. The van der Waals surface area contributed by atoms with Crippen molar-refractivity contribution >= 4 is 31.9 Å². The zero-order valence-electron chi connectivity index (χ0n) is 15.0.